The van der Waals surface area contributed by atoms with E-state index in [0.29, 0.717) is 12.0 Å². The molecule has 1 aliphatic heterocycles. The molecule has 1 saturated heterocycles. The molecule has 0 bridgehead atoms. The predicted molar refractivity (Wildman–Crippen MR) is 51.6 cm³/mol. The summed E-state index contributed by atoms with van der Waals surface area (Å²) in [6, 6.07) is 0. The average molecular weight is 192 g/mol. The minimum absolute atomic E-state index is 0. The van der Waals surface area contributed by atoms with Crippen molar-refractivity contribution in [3.05, 3.63) is 0 Å². The van der Waals surface area contributed by atoms with Gasteiger partial charge in [0.05, 0.1) is 0 Å². The van der Waals surface area contributed by atoms with Crippen LogP contribution in [0.1, 0.15) is 25.7 Å². The van der Waals surface area contributed by atoms with Gasteiger partial charge in [-0.3, -0.25) is 0 Å². The molecule has 0 unspecified atom stereocenters. The highest BCUT2D eigenvalue weighted by atomic mass is 35.5. The van der Waals surface area contributed by atoms with Crippen LogP contribution in [0.4, 0.5) is 0 Å². The Kier molecular flexibility index (Phi) is 3.38. The molecule has 1 spiro atoms. The van der Waals surface area contributed by atoms with Gasteiger partial charge >= 0.3 is 0 Å². The molecule has 1 heterocycles. The van der Waals surface area contributed by atoms with Crippen molar-refractivity contribution >= 4 is 12.4 Å². The van der Waals surface area contributed by atoms with Crippen molar-refractivity contribution in [3.63, 3.8) is 0 Å². The van der Waals surface area contributed by atoms with Crippen LogP contribution in [0.2, 0.25) is 0 Å². The first kappa shape index (κ1) is 10.3. The zero-order valence-electron chi connectivity index (χ0n) is 7.38. The highest BCUT2D eigenvalue weighted by Crippen LogP contribution is 2.59. The summed E-state index contributed by atoms with van der Waals surface area (Å²) in [4.78, 5) is 0. The lowest BCUT2D eigenvalue weighted by Gasteiger charge is -2.23. The standard InChI is InChI=1S/C9H17NO.ClH/c11-6-1-8-7-9(8)2-4-10-5-3-9;/h8,10-11H,1-7H2;1H/t8-;/m1./s1. The summed E-state index contributed by atoms with van der Waals surface area (Å²) >= 11 is 0. The number of halogens is 1. The monoisotopic (exact) mass is 191 g/mol. The van der Waals surface area contributed by atoms with Gasteiger partial charge in [0.25, 0.3) is 0 Å². The number of piperidine rings is 1. The third-order valence-electron chi connectivity index (χ3n) is 3.44. The van der Waals surface area contributed by atoms with E-state index in [1.54, 1.807) is 0 Å². The van der Waals surface area contributed by atoms with Gasteiger partial charge in [-0.1, -0.05) is 0 Å². The molecule has 1 saturated carbocycles. The summed E-state index contributed by atoms with van der Waals surface area (Å²) in [7, 11) is 0. The predicted octanol–water partition coefficient (Wildman–Crippen LogP) is 1.18. The molecule has 2 rings (SSSR count). The fraction of sp³-hybridized carbons (Fsp3) is 1.00. The number of nitrogens with one attached hydrogen (secondary N) is 1. The Morgan fingerprint density at radius 1 is 1.33 bits per heavy atom. The maximum Gasteiger partial charge on any atom is 0.0433 e. The Morgan fingerprint density at radius 3 is 2.58 bits per heavy atom. The van der Waals surface area contributed by atoms with Crippen molar-refractivity contribution in [1.29, 1.82) is 0 Å². The van der Waals surface area contributed by atoms with Gasteiger partial charge in [0.1, 0.15) is 0 Å². The summed E-state index contributed by atoms with van der Waals surface area (Å²) in [6.07, 6.45) is 5.12. The number of rotatable bonds is 2. The lowest BCUT2D eigenvalue weighted by Crippen LogP contribution is -2.29. The molecule has 2 fully saturated rings. The second-order valence-electron chi connectivity index (χ2n) is 4.03. The van der Waals surface area contributed by atoms with Gasteiger partial charge in [-0.15, -0.1) is 12.4 Å². The van der Waals surface area contributed by atoms with E-state index >= 15 is 0 Å². The highest BCUT2D eigenvalue weighted by molar-refractivity contribution is 5.85. The first-order chi connectivity index (χ1) is 5.37. The van der Waals surface area contributed by atoms with E-state index < -0.39 is 0 Å². The average Bonchev–Trinajstić information content (AvgIpc) is 2.66. The van der Waals surface area contributed by atoms with Crippen molar-refractivity contribution in [2.24, 2.45) is 11.3 Å². The Bertz CT molecular complexity index is 145. The lowest BCUT2D eigenvalue weighted by atomic mass is 9.91. The second kappa shape index (κ2) is 3.95. The first-order valence-electron chi connectivity index (χ1n) is 4.69. The molecule has 0 radical (unpaired) electrons. The van der Waals surface area contributed by atoms with Gasteiger partial charge in [-0.05, 0) is 50.1 Å². The van der Waals surface area contributed by atoms with E-state index in [-0.39, 0.29) is 12.4 Å². The zero-order chi connectivity index (χ0) is 7.73. The van der Waals surface area contributed by atoms with Crippen molar-refractivity contribution < 1.29 is 5.11 Å². The van der Waals surface area contributed by atoms with Crippen LogP contribution in [0.15, 0.2) is 0 Å². The Balaban J connectivity index is 0.000000720. The number of aliphatic hydroxyl groups is 1. The van der Waals surface area contributed by atoms with Crippen molar-refractivity contribution in [2.75, 3.05) is 19.7 Å². The van der Waals surface area contributed by atoms with Gasteiger partial charge in [0.15, 0.2) is 0 Å². The van der Waals surface area contributed by atoms with E-state index in [0.717, 1.165) is 12.3 Å². The van der Waals surface area contributed by atoms with E-state index in [1.165, 1.54) is 32.4 Å². The molecule has 2 aliphatic rings. The minimum Gasteiger partial charge on any atom is -0.396 e. The van der Waals surface area contributed by atoms with E-state index in [4.69, 9.17) is 5.11 Å². The molecular weight excluding hydrogens is 174 g/mol. The number of hydrogen-bond acceptors (Lipinski definition) is 2. The molecule has 12 heavy (non-hydrogen) atoms. The molecule has 0 aromatic carbocycles. The van der Waals surface area contributed by atoms with Crippen LogP contribution in [-0.2, 0) is 0 Å². The largest absolute Gasteiger partial charge is 0.396 e. The maximum atomic E-state index is 8.78. The smallest absolute Gasteiger partial charge is 0.0433 e. The fourth-order valence-corrected chi connectivity index (χ4v) is 2.53. The van der Waals surface area contributed by atoms with Gasteiger partial charge in [-0.25, -0.2) is 0 Å². The van der Waals surface area contributed by atoms with E-state index in [1.807, 2.05) is 0 Å². The molecule has 1 aliphatic carbocycles. The molecule has 0 aromatic rings. The van der Waals surface area contributed by atoms with E-state index in [2.05, 4.69) is 5.32 Å². The Hall–Kier alpha value is 0.210. The minimum atomic E-state index is 0. The summed E-state index contributed by atoms with van der Waals surface area (Å²) in [5.74, 6) is 0.856. The molecule has 0 aromatic heterocycles. The number of aliphatic hydroxyl groups excluding tert-OH is 1. The van der Waals surface area contributed by atoms with Crippen LogP contribution in [0.5, 0.6) is 0 Å². The summed E-state index contributed by atoms with van der Waals surface area (Å²) in [5.41, 5.74) is 0.675. The highest BCUT2D eigenvalue weighted by Gasteiger charge is 2.52. The molecule has 2 N–H and O–H groups in total. The first-order valence-corrected chi connectivity index (χ1v) is 4.69. The van der Waals surface area contributed by atoms with Gasteiger partial charge < -0.3 is 10.4 Å². The van der Waals surface area contributed by atoms with E-state index in [9.17, 15) is 0 Å². The number of hydrogen-bond donors (Lipinski definition) is 2. The summed E-state index contributed by atoms with van der Waals surface area (Å²) < 4.78 is 0. The SMILES string of the molecule is Cl.OCC[C@@H]1CC12CCNCC2. The normalized spacial score (nSPS) is 31.2. The van der Waals surface area contributed by atoms with Gasteiger partial charge in [0, 0.05) is 6.61 Å². The Labute approximate surface area is 80.1 Å². The van der Waals surface area contributed by atoms with Crippen molar-refractivity contribution in [1.82, 2.24) is 5.32 Å². The summed E-state index contributed by atoms with van der Waals surface area (Å²) in [6.45, 7) is 2.78. The molecule has 72 valence electrons. The van der Waals surface area contributed by atoms with Gasteiger partial charge in [-0.2, -0.15) is 0 Å². The van der Waals surface area contributed by atoms with Gasteiger partial charge in [0.2, 0.25) is 0 Å². The topological polar surface area (TPSA) is 32.3 Å². The molecular formula is C9H18ClNO. The molecule has 1 atom stereocenters. The second-order valence-corrected chi connectivity index (χ2v) is 4.03. The molecule has 2 nitrogen and oxygen atoms in total. The lowest BCUT2D eigenvalue weighted by molar-refractivity contribution is 0.251. The van der Waals surface area contributed by atoms with Crippen LogP contribution >= 0.6 is 12.4 Å². The van der Waals surface area contributed by atoms with Crippen LogP contribution in [-0.4, -0.2) is 24.8 Å². The van der Waals surface area contributed by atoms with Crippen molar-refractivity contribution in [3.8, 4) is 0 Å². The maximum absolute atomic E-state index is 8.78. The van der Waals surface area contributed by atoms with Crippen LogP contribution in [0.25, 0.3) is 0 Å². The molecule has 0 amide bonds. The quantitative estimate of drug-likeness (QED) is 0.687. The third-order valence-corrected chi connectivity index (χ3v) is 3.44. The summed E-state index contributed by atoms with van der Waals surface area (Å²) in [5, 5.41) is 12.2. The van der Waals surface area contributed by atoms with Crippen LogP contribution in [0.3, 0.4) is 0 Å². The van der Waals surface area contributed by atoms with Crippen LogP contribution in [0, 0.1) is 11.3 Å². The Morgan fingerprint density at radius 2 is 2.00 bits per heavy atom. The fourth-order valence-electron chi connectivity index (χ4n) is 2.53. The van der Waals surface area contributed by atoms with Crippen LogP contribution < -0.4 is 5.32 Å². The third kappa shape index (κ3) is 1.76. The zero-order valence-corrected chi connectivity index (χ0v) is 8.20. The van der Waals surface area contributed by atoms with Crippen molar-refractivity contribution in [2.45, 2.75) is 25.7 Å². The molecule has 3 heteroatoms.